The Hall–Kier alpha value is -2.61. The summed E-state index contributed by atoms with van der Waals surface area (Å²) in [7, 11) is 0. The average molecular weight is 512 g/mol. The van der Waals surface area contributed by atoms with Crippen molar-refractivity contribution >= 4 is 29.2 Å². The number of hydrogen-bond acceptors (Lipinski definition) is 2. The van der Waals surface area contributed by atoms with Crippen LogP contribution in [0.25, 0.3) is 0 Å². The fourth-order valence-electron chi connectivity index (χ4n) is 5.70. The highest BCUT2D eigenvalue weighted by molar-refractivity contribution is 6.30. The first-order valence-electron chi connectivity index (χ1n) is 11.4. The van der Waals surface area contributed by atoms with E-state index in [4.69, 9.17) is 11.6 Å². The molecule has 3 atom stereocenters. The molecule has 2 N–H and O–H groups in total. The van der Waals surface area contributed by atoms with Gasteiger partial charge in [-0.1, -0.05) is 42.8 Å². The zero-order valence-corrected chi connectivity index (χ0v) is 20.0. The third kappa shape index (κ3) is 4.90. The normalized spacial score (nSPS) is 25.6. The SMILES string of the molecule is Cc1ccc(C(CC(=O)O)C23CC(F)(C2)C3)cc1NC(=O)C(c1ccc(Cl)cc1)[C@@H](C)C(F)(F)F. The molecule has 2 aromatic rings. The summed E-state index contributed by atoms with van der Waals surface area (Å²) in [6.45, 7) is 2.66. The van der Waals surface area contributed by atoms with Gasteiger partial charge in [-0.05, 0) is 66.5 Å². The Balaban J connectivity index is 1.64. The molecule has 3 aliphatic rings. The molecule has 2 unspecified atom stereocenters. The number of carbonyl (C=O) groups is 2. The Bertz CT molecular complexity index is 1130. The van der Waals surface area contributed by atoms with E-state index in [2.05, 4.69) is 5.32 Å². The first-order valence-corrected chi connectivity index (χ1v) is 11.8. The van der Waals surface area contributed by atoms with Gasteiger partial charge in [0.25, 0.3) is 0 Å². The predicted octanol–water partition coefficient (Wildman–Crippen LogP) is 7.02. The topological polar surface area (TPSA) is 66.4 Å². The zero-order valence-electron chi connectivity index (χ0n) is 19.3. The first kappa shape index (κ1) is 25.5. The van der Waals surface area contributed by atoms with Crippen molar-refractivity contribution in [2.75, 3.05) is 5.32 Å². The van der Waals surface area contributed by atoms with Gasteiger partial charge in [0, 0.05) is 16.6 Å². The van der Waals surface area contributed by atoms with Crippen molar-refractivity contribution in [3.8, 4) is 0 Å². The molecule has 3 aliphatic carbocycles. The summed E-state index contributed by atoms with van der Waals surface area (Å²) in [5, 5.41) is 12.4. The number of halogens is 5. The Kier molecular flexibility index (Phi) is 6.41. The van der Waals surface area contributed by atoms with Crippen LogP contribution in [0.1, 0.15) is 61.1 Å². The van der Waals surface area contributed by atoms with Crippen molar-refractivity contribution < 1.29 is 32.3 Å². The number of benzene rings is 2. The number of hydrogen-bond donors (Lipinski definition) is 2. The van der Waals surface area contributed by atoms with Crippen molar-refractivity contribution in [3.63, 3.8) is 0 Å². The van der Waals surface area contributed by atoms with Gasteiger partial charge in [-0.2, -0.15) is 13.2 Å². The Morgan fingerprint density at radius 2 is 1.66 bits per heavy atom. The molecule has 188 valence electrons. The molecule has 3 saturated carbocycles. The summed E-state index contributed by atoms with van der Waals surface area (Å²) < 4.78 is 55.1. The largest absolute Gasteiger partial charge is 0.481 e. The Morgan fingerprint density at radius 3 is 2.17 bits per heavy atom. The summed E-state index contributed by atoms with van der Waals surface area (Å²) >= 11 is 5.88. The van der Waals surface area contributed by atoms with Crippen LogP contribution in [0.5, 0.6) is 0 Å². The second-order valence-electron chi connectivity index (χ2n) is 10.1. The number of carboxylic acids is 1. The van der Waals surface area contributed by atoms with Gasteiger partial charge in [-0.3, -0.25) is 9.59 Å². The predicted molar refractivity (Wildman–Crippen MR) is 124 cm³/mol. The van der Waals surface area contributed by atoms with Gasteiger partial charge in [0.2, 0.25) is 5.91 Å². The van der Waals surface area contributed by atoms with Crippen LogP contribution in [0.3, 0.4) is 0 Å². The van der Waals surface area contributed by atoms with Crippen molar-refractivity contribution in [1.82, 2.24) is 0 Å². The smallest absolute Gasteiger partial charge is 0.392 e. The van der Waals surface area contributed by atoms with Crippen LogP contribution in [-0.4, -0.2) is 28.8 Å². The Morgan fingerprint density at radius 1 is 1.09 bits per heavy atom. The molecular formula is C26H26ClF4NO3. The third-order valence-electron chi connectivity index (χ3n) is 7.57. The van der Waals surface area contributed by atoms with Crippen LogP contribution < -0.4 is 5.32 Å². The number of carboxylic acid groups (broad SMARTS) is 1. The highest BCUT2D eigenvalue weighted by atomic mass is 35.5. The van der Waals surface area contributed by atoms with E-state index in [-0.39, 0.29) is 12.0 Å². The highest BCUT2D eigenvalue weighted by Crippen LogP contribution is 2.75. The molecule has 0 heterocycles. The second kappa shape index (κ2) is 8.80. The van der Waals surface area contributed by atoms with Crippen molar-refractivity contribution in [2.45, 2.75) is 63.2 Å². The van der Waals surface area contributed by atoms with Crippen LogP contribution in [0.15, 0.2) is 42.5 Å². The van der Waals surface area contributed by atoms with Gasteiger partial charge >= 0.3 is 12.1 Å². The first-order chi connectivity index (χ1) is 16.2. The molecule has 5 rings (SSSR count). The van der Waals surface area contributed by atoms with Crippen LogP contribution in [0.4, 0.5) is 23.2 Å². The fourth-order valence-corrected chi connectivity index (χ4v) is 5.82. The van der Waals surface area contributed by atoms with Gasteiger partial charge < -0.3 is 10.4 Å². The molecule has 4 nitrogen and oxygen atoms in total. The van der Waals surface area contributed by atoms with E-state index < -0.39 is 46.9 Å². The lowest BCUT2D eigenvalue weighted by Gasteiger charge is -2.69. The van der Waals surface area contributed by atoms with Gasteiger partial charge in [0.05, 0.1) is 18.3 Å². The van der Waals surface area contributed by atoms with Crippen molar-refractivity contribution in [2.24, 2.45) is 11.3 Å². The summed E-state index contributed by atoms with van der Waals surface area (Å²) in [4.78, 5) is 24.8. The maximum atomic E-state index is 14.2. The second-order valence-corrected chi connectivity index (χ2v) is 10.6. The third-order valence-corrected chi connectivity index (χ3v) is 7.83. The van der Waals surface area contributed by atoms with Gasteiger partial charge in [0.15, 0.2) is 0 Å². The van der Waals surface area contributed by atoms with E-state index in [1.807, 2.05) is 0 Å². The quantitative estimate of drug-likeness (QED) is 0.374. The minimum Gasteiger partial charge on any atom is -0.481 e. The number of carbonyl (C=O) groups excluding carboxylic acids is 1. The maximum absolute atomic E-state index is 14.2. The lowest BCUT2D eigenvalue weighted by Crippen LogP contribution is -2.66. The lowest BCUT2D eigenvalue weighted by molar-refractivity contribution is -0.228. The molecular weight excluding hydrogens is 486 g/mol. The van der Waals surface area contributed by atoms with Crippen molar-refractivity contribution in [3.05, 3.63) is 64.2 Å². The number of nitrogens with one attached hydrogen (secondary N) is 1. The minimum atomic E-state index is -4.61. The number of aryl methyl sites for hydroxylation is 1. The van der Waals surface area contributed by atoms with E-state index >= 15 is 0 Å². The number of alkyl halides is 4. The number of rotatable bonds is 8. The molecule has 0 aliphatic heterocycles. The van der Waals surface area contributed by atoms with Crippen LogP contribution in [0.2, 0.25) is 5.02 Å². The molecule has 3 fully saturated rings. The number of amides is 1. The van der Waals surface area contributed by atoms with E-state index in [0.717, 1.165) is 6.92 Å². The molecule has 0 spiro atoms. The monoisotopic (exact) mass is 511 g/mol. The summed E-state index contributed by atoms with van der Waals surface area (Å²) in [5.74, 6) is -5.78. The van der Waals surface area contributed by atoms with Crippen LogP contribution in [0, 0.1) is 18.3 Å². The van der Waals surface area contributed by atoms with E-state index in [1.54, 1.807) is 25.1 Å². The van der Waals surface area contributed by atoms with Gasteiger partial charge in [-0.25, -0.2) is 4.39 Å². The molecule has 9 heteroatoms. The molecule has 0 aromatic heterocycles. The molecule has 2 bridgehead atoms. The molecule has 35 heavy (non-hydrogen) atoms. The summed E-state index contributed by atoms with van der Waals surface area (Å²) in [5.41, 5.74) is 0.0830. The van der Waals surface area contributed by atoms with E-state index in [9.17, 15) is 32.3 Å². The molecule has 0 saturated heterocycles. The number of anilines is 1. The maximum Gasteiger partial charge on any atom is 0.392 e. The summed E-state index contributed by atoms with van der Waals surface area (Å²) in [6, 6.07) is 10.7. The highest BCUT2D eigenvalue weighted by Gasteiger charge is 2.71. The van der Waals surface area contributed by atoms with Gasteiger partial charge in [0.1, 0.15) is 5.67 Å². The van der Waals surface area contributed by atoms with Crippen LogP contribution >= 0.6 is 11.6 Å². The Labute approximate surface area is 205 Å². The summed E-state index contributed by atoms with van der Waals surface area (Å²) in [6.07, 6.45) is -3.90. The van der Waals surface area contributed by atoms with Crippen molar-refractivity contribution in [1.29, 1.82) is 0 Å². The van der Waals surface area contributed by atoms with E-state index in [1.165, 1.54) is 24.3 Å². The van der Waals surface area contributed by atoms with E-state index in [0.29, 0.717) is 41.1 Å². The average Bonchev–Trinajstić information content (AvgIpc) is 2.71. The van der Waals surface area contributed by atoms with Crippen LogP contribution in [-0.2, 0) is 9.59 Å². The fraction of sp³-hybridized carbons (Fsp3) is 0.462. The lowest BCUT2D eigenvalue weighted by atomic mass is 9.37. The van der Waals surface area contributed by atoms with Gasteiger partial charge in [-0.15, -0.1) is 0 Å². The standard InChI is InChI=1S/C26H26ClF4NO3/c1-14-3-4-17(19(10-21(33)34)24-11-25(28,12-24)13-24)9-20(14)32-23(35)22(15(2)26(29,30)31)16-5-7-18(27)8-6-16/h3-9,15,19,22H,10-13H2,1-2H3,(H,32,35)(H,33,34)/t15-,19?,22?,24?,25?/m1/s1. The molecule has 2 aromatic carbocycles. The molecule has 0 radical (unpaired) electrons. The number of aliphatic carboxylic acids is 1. The minimum absolute atomic E-state index is 0.177. The molecule has 1 amide bonds. The zero-order chi connectivity index (χ0) is 25.8.